The third-order valence-corrected chi connectivity index (χ3v) is 2.86. The number of carbonyl (C=O) groups is 1. The van der Waals surface area contributed by atoms with Gasteiger partial charge in [0.25, 0.3) is 0 Å². The smallest absolute Gasteiger partial charge is 0.339 e. The SMILES string of the molecule is COC(=O)c1cc(C(C)C)cc(C)c1NC(C)C. The Morgan fingerprint density at radius 3 is 2.28 bits per heavy atom. The van der Waals surface area contributed by atoms with Crippen LogP contribution in [-0.4, -0.2) is 19.1 Å². The van der Waals surface area contributed by atoms with Crippen LogP contribution in [0.15, 0.2) is 12.1 Å². The van der Waals surface area contributed by atoms with Crippen molar-refractivity contribution in [3.8, 4) is 0 Å². The van der Waals surface area contributed by atoms with Crippen molar-refractivity contribution in [1.29, 1.82) is 0 Å². The van der Waals surface area contributed by atoms with Crippen LogP contribution >= 0.6 is 0 Å². The van der Waals surface area contributed by atoms with Crippen LogP contribution in [-0.2, 0) is 4.74 Å². The Morgan fingerprint density at radius 1 is 1.22 bits per heavy atom. The fourth-order valence-electron chi connectivity index (χ4n) is 1.90. The van der Waals surface area contributed by atoms with Gasteiger partial charge in [-0.3, -0.25) is 0 Å². The van der Waals surface area contributed by atoms with E-state index in [1.165, 1.54) is 7.11 Å². The average molecular weight is 249 g/mol. The average Bonchev–Trinajstić information content (AvgIpc) is 2.29. The van der Waals surface area contributed by atoms with Gasteiger partial charge in [0.2, 0.25) is 0 Å². The van der Waals surface area contributed by atoms with E-state index >= 15 is 0 Å². The summed E-state index contributed by atoms with van der Waals surface area (Å²) in [6.07, 6.45) is 0. The Hall–Kier alpha value is -1.51. The van der Waals surface area contributed by atoms with Crippen LogP contribution in [0.25, 0.3) is 0 Å². The minimum absolute atomic E-state index is 0.275. The topological polar surface area (TPSA) is 38.3 Å². The quantitative estimate of drug-likeness (QED) is 0.826. The van der Waals surface area contributed by atoms with Gasteiger partial charge in [0, 0.05) is 6.04 Å². The van der Waals surface area contributed by atoms with Crippen molar-refractivity contribution in [2.45, 2.75) is 46.6 Å². The summed E-state index contributed by atoms with van der Waals surface area (Å²) in [5.41, 5.74) is 3.73. The summed E-state index contributed by atoms with van der Waals surface area (Å²) in [5, 5.41) is 3.32. The lowest BCUT2D eigenvalue weighted by Crippen LogP contribution is -2.16. The number of rotatable bonds is 4. The molecular formula is C15H23NO2. The van der Waals surface area contributed by atoms with E-state index in [1.807, 2.05) is 13.0 Å². The highest BCUT2D eigenvalue weighted by atomic mass is 16.5. The fraction of sp³-hybridized carbons (Fsp3) is 0.533. The monoisotopic (exact) mass is 249 g/mol. The van der Waals surface area contributed by atoms with Crippen molar-refractivity contribution < 1.29 is 9.53 Å². The van der Waals surface area contributed by atoms with E-state index in [4.69, 9.17) is 4.74 Å². The van der Waals surface area contributed by atoms with E-state index in [1.54, 1.807) is 0 Å². The first-order chi connectivity index (χ1) is 8.36. The molecular weight excluding hydrogens is 226 g/mol. The number of aryl methyl sites for hydroxylation is 1. The minimum Gasteiger partial charge on any atom is -0.465 e. The first-order valence-corrected chi connectivity index (χ1v) is 6.36. The molecule has 0 atom stereocenters. The van der Waals surface area contributed by atoms with Crippen molar-refractivity contribution in [1.82, 2.24) is 0 Å². The molecule has 0 heterocycles. The summed E-state index contributed by atoms with van der Waals surface area (Å²) in [6, 6.07) is 4.33. The van der Waals surface area contributed by atoms with Crippen molar-refractivity contribution in [3.05, 3.63) is 28.8 Å². The predicted octanol–water partition coefficient (Wildman–Crippen LogP) is 3.73. The number of anilines is 1. The molecule has 3 heteroatoms. The molecule has 0 fully saturated rings. The zero-order valence-electron chi connectivity index (χ0n) is 12.1. The molecule has 0 saturated carbocycles. The van der Waals surface area contributed by atoms with Crippen LogP contribution in [0.2, 0.25) is 0 Å². The van der Waals surface area contributed by atoms with Gasteiger partial charge in [0.05, 0.1) is 18.4 Å². The minimum atomic E-state index is -0.288. The van der Waals surface area contributed by atoms with Gasteiger partial charge < -0.3 is 10.1 Å². The maximum absolute atomic E-state index is 11.9. The molecule has 1 aromatic rings. The molecule has 1 aromatic carbocycles. The summed E-state index contributed by atoms with van der Waals surface area (Å²) in [7, 11) is 1.42. The maximum Gasteiger partial charge on any atom is 0.339 e. The molecule has 18 heavy (non-hydrogen) atoms. The Bertz CT molecular complexity index is 436. The summed E-state index contributed by atoms with van der Waals surface area (Å²) in [6.45, 7) is 10.4. The van der Waals surface area contributed by atoms with E-state index in [0.29, 0.717) is 11.5 Å². The Balaban J connectivity index is 3.34. The van der Waals surface area contributed by atoms with Crippen LogP contribution in [0.5, 0.6) is 0 Å². The van der Waals surface area contributed by atoms with Crippen molar-refractivity contribution >= 4 is 11.7 Å². The molecule has 0 bridgehead atoms. The highest BCUT2D eigenvalue weighted by molar-refractivity contribution is 5.96. The van der Waals surface area contributed by atoms with Gasteiger partial charge in [-0.2, -0.15) is 0 Å². The zero-order valence-corrected chi connectivity index (χ0v) is 12.1. The molecule has 100 valence electrons. The van der Waals surface area contributed by atoms with Gasteiger partial charge >= 0.3 is 5.97 Å². The maximum atomic E-state index is 11.9. The van der Waals surface area contributed by atoms with Crippen molar-refractivity contribution in [3.63, 3.8) is 0 Å². The Morgan fingerprint density at radius 2 is 1.83 bits per heavy atom. The molecule has 0 aliphatic carbocycles. The zero-order chi connectivity index (χ0) is 13.9. The van der Waals surface area contributed by atoms with E-state index in [-0.39, 0.29) is 12.0 Å². The van der Waals surface area contributed by atoms with E-state index in [2.05, 4.69) is 39.1 Å². The number of hydrogen-bond donors (Lipinski definition) is 1. The summed E-state index contributed by atoms with van der Waals surface area (Å²) >= 11 is 0. The van der Waals surface area contributed by atoms with Gasteiger partial charge in [0.15, 0.2) is 0 Å². The van der Waals surface area contributed by atoms with Gasteiger partial charge in [-0.05, 0) is 43.9 Å². The lowest BCUT2D eigenvalue weighted by atomic mass is 9.96. The molecule has 0 aliphatic rings. The molecule has 0 aliphatic heterocycles. The third-order valence-electron chi connectivity index (χ3n) is 2.86. The second-order valence-electron chi connectivity index (χ2n) is 5.21. The number of nitrogens with one attached hydrogen (secondary N) is 1. The third kappa shape index (κ3) is 3.25. The first-order valence-electron chi connectivity index (χ1n) is 6.36. The Labute approximate surface area is 110 Å². The predicted molar refractivity (Wildman–Crippen MR) is 75.4 cm³/mol. The molecule has 0 aromatic heterocycles. The number of methoxy groups -OCH3 is 1. The first kappa shape index (κ1) is 14.6. The second kappa shape index (κ2) is 5.89. The lowest BCUT2D eigenvalue weighted by molar-refractivity contribution is 0.0601. The van der Waals surface area contributed by atoms with Crippen LogP contribution < -0.4 is 5.32 Å². The van der Waals surface area contributed by atoms with E-state index < -0.39 is 0 Å². The lowest BCUT2D eigenvalue weighted by Gasteiger charge is -2.19. The van der Waals surface area contributed by atoms with Gasteiger partial charge in [-0.15, -0.1) is 0 Å². The summed E-state index contributed by atoms with van der Waals surface area (Å²) in [5.74, 6) is 0.101. The van der Waals surface area contributed by atoms with E-state index in [9.17, 15) is 4.79 Å². The van der Waals surface area contributed by atoms with Gasteiger partial charge in [-0.25, -0.2) is 4.79 Å². The number of ether oxygens (including phenoxy) is 1. The molecule has 1 N–H and O–H groups in total. The largest absolute Gasteiger partial charge is 0.465 e. The van der Waals surface area contributed by atoms with Gasteiger partial charge in [-0.1, -0.05) is 19.9 Å². The van der Waals surface area contributed by atoms with Gasteiger partial charge in [0.1, 0.15) is 0 Å². The van der Waals surface area contributed by atoms with Crippen LogP contribution in [0.4, 0.5) is 5.69 Å². The summed E-state index contributed by atoms with van der Waals surface area (Å²) in [4.78, 5) is 11.9. The second-order valence-corrected chi connectivity index (χ2v) is 5.21. The molecule has 3 nitrogen and oxygen atoms in total. The fourth-order valence-corrected chi connectivity index (χ4v) is 1.90. The molecule has 0 amide bonds. The molecule has 0 spiro atoms. The Kier molecular flexibility index (Phi) is 4.76. The molecule has 0 radical (unpaired) electrons. The van der Waals surface area contributed by atoms with Crippen LogP contribution in [0.3, 0.4) is 0 Å². The normalized spacial score (nSPS) is 10.9. The number of hydrogen-bond acceptors (Lipinski definition) is 3. The standard InChI is InChI=1S/C15H23NO2/c1-9(2)12-7-11(5)14(16-10(3)4)13(8-12)15(17)18-6/h7-10,16H,1-6H3. The molecule has 0 saturated heterocycles. The molecule has 0 unspecified atom stereocenters. The van der Waals surface area contributed by atoms with Crippen LogP contribution in [0.1, 0.15) is 55.1 Å². The number of esters is 1. The highest BCUT2D eigenvalue weighted by Gasteiger charge is 2.17. The summed E-state index contributed by atoms with van der Waals surface area (Å²) < 4.78 is 4.87. The van der Waals surface area contributed by atoms with Crippen molar-refractivity contribution in [2.75, 3.05) is 12.4 Å². The highest BCUT2D eigenvalue weighted by Crippen LogP contribution is 2.27. The number of carbonyl (C=O) groups excluding carboxylic acids is 1. The van der Waals surface area contributed by atoms with Crippen molar-refractivity contribution in [2.24, 2.45) is 0 Å². The van der Waals surface area contributed by atoms with E-state index in [0.717, 1.165) is 16.8 Å². The van der Waals surface area contributed by atoms with Crippen LogP contribution in [0, 0.1) is 6.92 Å². The molecule has 1 rings (SSSR count). The number of benzene rings is 1.